The van der Waals surface area contributed by atoms with Gasteiger partial charge in [-0.15, -0.1) is 0 Å². The Morgan fingerprint density at radius 1 is 1.47 bits per heavy atom. The Hall–Kier alpha value is -1.57. The third kappa shape index (κ3) is 4.45. The number of hydrogen-bond acceptors (Lipinski definition) is 1. The van der Waals surface area contributed by atoms with Gasteiger partial charge in [0, 0.05) is 12.6 Å². The predicted octanol–water partition coefficient (Wildman–Crippen LogP) is 2.53. The summed E-state index contributed by atoms with van der Waals surface area (Å²) in [6.45, 7) is 4.80. The monoisotopic (exact) mass is 203 g/mol. The summed E-state index contributed by atoms with van der Waals surface area (Å²) < 4.78 is 0. The molecule has 0 saturated heterocycles. The van der Waals surface area contributed by atoms with Gasteiger partial charge in [-0.1, -0.05) is 36.8 Å². The van der Waals surface area contributed by atoms with Crippen molar-refractivity contribution in [2.75, 3.05) is 6.54 Å². The summed E-state index contributed by atoms with van der Waals surface area (Å²) in [5.74, 6) is -0.0293. The van der Waals surface area contributed by atoms with E-state index in [9.17, 15) is 4.79 Å². The molecule has 0 spiro atoms. The Balaban J connectivity index is 2.53. The van der Waals surface area contributed by atoms with Crippen molar-refractivity contribution in [2.45, 2.75) is 20.3 Å². The highest BCUT2D eigenvalue weighted by molar-refractivity contribution is 5.91. The van der Waals surface area contributed by atoms with Crippen LogP contribution in [-0.2, 0) is 4.79 Å². The zero-order valence-electron chi connectivity index (χ0n) is 9.29. The van der Waals surface area contributed by atoms with Crippen LogP contribution in [0.3, 0.4) is 0 Å². The molecule has 0 bridgehead atoms. The van der Waals surface area contributed by atoms with Crippen molar-refractivity contribution in [3.05, 3.63) is 41.5 Å². The van der Waals surface area contributed by atoms with Gasteiger partial charge in [0.15, 0.2) is 0 Å². The van der Waals surface area contributed by atoms with Gasteiger partial charge in [-0.3, -0.25) is 4.79 Å². The van der Waals surface area contributed by atoms with Crippen molar-refractivity contribution >= 4 is 12.0 Å². The average molecular weight is 203 g/mol. The minimum atomic E-state index is -0.0293. The third-order valence-electron chi connectivity index (χ3n) is 2.02. The first-order valence-corrected chi connectivity index (χ1v) is 5.25. The number of rotatable bonds is 4. The Morgan fingerprint density at radius 3 is 2.93 bits per heavy atom. The molecule has 1 aromatic carbocycles. The zero-order valence-corrected chi connectivity index (χ0v) is 9.29. The molecule has 2 nitrogen and oxygen atoms in total. The molecule has 80 valence electrons. The number of carbonyl (C=O) groups excluding carboxylic acids is 1. The lowest BCUT2D eigenvalue weighted by Gasteiger charge is -1.98. The van der Waals surface area contributed by atoms with Gasteiger partial charge in [-0.25, -0.2) is 0 Å². The molecule has 0 aliphatic carbocycles. The highest BCUT2D eigenvalue weighted by atomic mass is 16.1. The van der Waals surface area contributed by atoms with Crippen molar-refractivity contribution in [1.82, 2.24) is 5.32 Å². The summed E-state index contributed by atoms with van der Waals surface area (Å²) in [7, 11) is 0. The van der Waals surface area contributed by atoms with Crippen LogP contribution in [0.25, 0.3) is 6.08 Å². The lowest BCUT2D eigenvalue weighted by Crippen LogP contribution is -2.21. The number of aryl methyl sites for hydroxylation is 1. The molecule has 0 radical (unpaired) electrons. The quantitative estimate of drug-likeness (QED) is 0.748. The van der Waals surface area contributed by atoms with Gasteiger partial charge in [0.2, 0.25) is 5.91 Å². The number of amides is 1. The minimum Gasteiger partial charge on any atom is -0.353 e. The summed E-state index contributed by atoms with van der Waals surface area (Å²) in [5.41, 5.74) is 2.26. The SMILES string of the molecule is CCCNC(=O)C=Cc1cccc(C)c1. The lowest BCUT2D eigenvalue weighted by molar-refractivity contribution is -0.116. The second kappa shape index (κ2) is 6.02. The molecule has 0 heterocycles. The maximum Gasteiger partial charge on any atom is 0.243 e. The van der Waals surface area contributed by atoms with Gasteiger partial charge in [-0.05, 0) is 25.0 Å². The number of hydrogen-bond donors (Lipinski definition) is 1. The smallest absolute Gasteiger partial charge is 0.243 e. The molecule has 0 aromatic heterocycles. The van der Waals surface area contributed by atoms with E-state index in [0.717, 1.165) is 18.5 Å². The molecule has 2 heteroatoms. The van der Waals surface area contributed by atoms with Gasteiger partial charge in [0.1, 0.15) is 0 Å². The van der Waals surface area contributed by atoms with Crippen molar-refractivity contribution in [2.24, 2.45) is 0 Å². The fourth-order valence-electron chi connectivity index (χ4n) is 1.25. The van der Waals surface area contributed by atoms with Crippen molar-refractivity contribution in [3.8, 4) is 0 Å². The van der Waals surface area contributed by atoms with Crippen molar-refractivity contribution < 1.29 is 4.79 Å². The van der Waals surface area contributed by atoms with Crippen LogP contribution in [0.1, 0.15) is 24.5 Å². The van der Waals surface area contributed by atoms with E-state index in [1.54, 1.807) is 6.08 Å². The fraction of sp³-hybridized carbons (Fsp3) is 0.308. The first-order valence-electron chi connectivity index (χ1n) is 5.25. The first-order chi connectivity index (χ1) is 7.22. The Bertz CT molecular complexity index is 355. The normalized spacial score (nSPS) is 10.5. The number of benzene rings is 1. The van der Waals surface area contributed by atoms with Gasteiger partial charge in [0.25, 0.3) is 0 Å². The standard InChI is InChI=1S/C13H17NO/c1-3-9-14-13(15)8-7-12-6-4-5-11(2)10-12/h4-8,10H,3,9H2,1-2H3,(H,14,15). The summed E-state index contributed by atoms with van der Waals surface area (Å²) in [6, 6.07) is 8.05. The molecule has 15 heavy (non-hydrogen) atoms. The van der Waals surface area contributed by atoms with E-state index in [4.69, 9.17) is 0 Å². The van der Waals surface area contributed by atoms with Crippen LogP contribution in [0.15, 0.2) is 30.3 Å². The van der Waals surface area contributed by atoms with Crippen molar-refractivity contribution in [3.63, 3.8) is 0 Å². The van der Waals surface area contributed by atoms with Gasteiger partial charge in [-0.2, -0.15) is 0 Å². The number of carbonyl (C=O) groups is 1. The van der Waals surface area contributed by atoms with Crippen LogP contribution < -0.4 is 5.32 Å². The highest BCUT2D eigenvalue weighted by Gasteiger charge is 1.92. The van der Waals surface area contributed by atoms with Crippen LogP contribution >= 0.6 is 0 Å². The van der Waals surface area contributed by atoms with Gasteiger partial charge >= 0.3 is 0 Å². The van der Waals surface area contributed by atoms with Crippen LogP contribution in [0.5, 0.6) is 0 Å². The molecule has 1 rings (SSSR count). The van der Waals surface area contributed by atoms with Crippen LogP contribution in [0.2, 0.25) is 0 Å². The largest absolute Gasteiger partial charge is 0.353 e. The Morgan fingerprint density at radius 2 is 2.27 bits per heavy atom. The fourth-order valence-corrected chi connectivity index (χ4v) is 1.25. The van der Waals surface area contributed by atoms with Crippen LogP contribution in [-0.4, -0.2) is 12.5 Å². The van der Waals surface area contributed by atoms with E-state index < -0.39 is 0 Å². The maximum absolute atomic E-state index is 11.3. The topological polar surface area (TPSA) is 29.1 Å². The van der Waals surface area contributed by atoms with E-state index in [-0.39, 0.29) is 5.91 Å². The summed E-state index contributed by atoms with van der Waals surface area (Å²) in [6.07, 6.45) is 4.37. The van der Waals surface area contributed by atoms with Crippen molar-refractivity contribution in [1.29, 1.82) is 0 Å². The van der Waals surface area contributed by atoms with E-state index in [1.807, 2.05) is 44.2 Å². The zero-order chi connectivity index (χ0) is 11.1. The molecule has 1 aromatic rings. The molecule has 1 amide bonds. The molecule has 0 aliphatic rings. The molecule has 1 N–H and O–H groups in total. The lowest BCUT2D eigenvalue weighted by atomic mass is 10.1. The molecular formula is C13H17NO. The second-order valence-electron chi connectivity index (χ2n) is 3.54. The van der Waals surface area contributed by atoms with E-state index >= 15 is 0 Å². The highest BCUT2D eigenvalue weighted by Crippen LogP contribution is 2.05. The summed E-state index contributed by atoms with van der Waals surface area (Å²) in [4.78, 5) is 11.3. The molecular weight excluding hydrogens is 186 g/mol. The minimum absolute atomic E-state index is 0.0293. The predicted molar refractivity (Wildman–Crippen MR) is 63.5 cm³/mol. The van der Waals surface area contributed by atoms with Gasteiger partial charge in [0.05, 0.1) is 0 Å². The summed E-state index contributed by atoms with van der Waals surface area (Å²) in [5, 5.41) is 2.79. The van der Waals surface area contributed by atoms with Crippen LogP contribution in [0.4, 0.5) is 0 Å². The van der Waals surface area contributed by atoms with E-state index in [1.165, 1.54) is 5.56 Å². The molecule has 0 unspecified atom stereocenters. The molecule has 0 aliphatic heterocycles. The average Bonchev–Trinajstić information content (AvgIpc) is 2.23. The van der Waals surface area contributed by atoms with Crippen LogP contribution in [0, 0.1) is 6.92 Å². The van der Waals surface area contributed by atoms with Gasteiger partial charge < -0.3 is 5.32 Å². The molecule has 0 fully saturated rings. The Labute approximate surface area is 91.0 Å². The first kappa shape index (κ1) is 11.5. The Kier molecular flexibility index (Phi) is 4.61. The molecule has 0 atom stereocenters. The van der Waals surface area contributed by atoms with E-state index in [2.05, 4.69) is 5.32 Å². The maximum atomic E-state index is 11.3. The van der Waals surface area contributed by atoms with E-state index in [0.29, 0.717) is 0 Å². The molecule has 0 saturated carbocycles. The third-order valence-corrected chi connectivity index (χ3v) is 2.02. The number of nitrogens with one attached hydrogen (secondary N) is 1. The second-order valence-corrected chi connectivity index (χ2v) is 3.54. The summed E-state index contributed by atoms with van der Waals surface area (Å²) >= 11 is 0.